The van der Waals surface area contributed by atoms with E-state index >= 15 is 0 Å². The third-order valence-electron chi connectivity index (χ3n) is 2.43. The fraction of sp³-hybridized carbons (Fsp3) is 0.0769. The van der Waals surface area contributed by atoms with Gasteiger partial charge in [0.25, 0.3) is 5.91 Å². The normalized spacial score (nSPS) is 10.2. The van der Waals surface area contributed by atoms with E-state index in [-0.39, 0.29) is 11.1 Å². The number of nitrogens with zero attached hydrogens (tertiary/aromatic N) is 1. The van der Waals surface area contributed by atoms with Crippen molar-refractivity contribution >= 4 is 23.2 Å². The summed E-state index contributed by atoms with van der Waals surface area (Å²) in [6.45, 7) is 1.74. The maximum atomic E-state index is 13.1. The molecular weight excluding hydrogens is 255 g/mol. The number of amides is 1. The Kier molecular flexibility index (Phi) is 3.58. The van der Waals surface area contributed by atoms with Crippen LogP contribution in [0.25, 0.3) is 0 Å². The molecule has 5 heteroatoms. The first-order valence-corrected chi connectivity index (χ1v) is 5.63. The lowest BCUT2D eigenvalue weighted by atomic mass is 10.1. The fourth-order valence-corrected chi connectivity index (χ4v) is 1.69. The van der Waals surface area contributed by atoms with E-state index in [1.54, 1.807) is 19.1 Å². The molecular formula is C13H10ClFN2O. The summed E-state index contributed by atoms with van der Waals surface area (Å²) in [5.74, 6) is -0.826. The number of hydrogen-bond donors (Lipinski definition) is 1. The van der Waals surface area contributed by atoms with Crippen LogP contribution in [0.1, 0.15) is 15.9 Å². The molecule has 1 aromatic carbocycles. The SMILES string of the molecule is Cc1ccc(F)cc1C(=O)Nc1ccnc(Cl)c1. The summed E-state index contributed by atoms with van der Waals surface area (Å²) in [6, 6.07) is 7.21. The van der Waals surface area contributed by atoms with Crippen molar-refractivity contribution in [1.82, 2.24) is 4.98 Å². The fourth-order valence-electron chi connectivity index (χ4n) is 1.52. The number of carbonyl (C=O) groups excluding carboxylic acids is 1. The topological polar surface area (TPSA) is 42.0 Å². The van der Waals surface area contributed by atoms with E-state index in [1.165, 1.54) is 24.4 Å². The molecule has 3 nitrogen and oxygen atoms in total. The number of benzene rings is 1. The van der Waals surface area contributed by atoms with Crippen LogP contribution in [0, 0.1) is 12.7 Å². The smallest absolute Gasteiger partial charge is 0.256 e. The van der Waals surface area contributed by atoms with Crippen LogP contribution < -0.4 is 5.32 Å². The maximum absolute atomic E-state index is 13.1. The Morgan fingerprint density at radius 1 is 1.33 bits per heavy atom. The van der Waals surface area contributed by atoms with Gasteiger partial charge in [-0.1, -0.05) is 17.7 Å². The molecule has 0 aliphatic carbocycles. The Hall–Kier alpha value is -1.94. The number of pyridine rings is 1. The summed E-state index contributed by atoms with van der Waals surface area (Å²) in [5.41, 5.74) is 1.51. The zero-order valence-corrected chi connectivity index (χ0v) is 10.3. The molecule has 0 aliphatic rings. The zero-order valence-electron chi connectivity index (χ0n) is 9.58. The Labute approximate surface area is 109 Å². The summed E-state index contributed by atoms with van der Waals surface area (Å²) >= 11 is 5.71. The molecule has 1 heterocycles. The lowest BCUT2D eigenvalue weighted by Gasteiger charge is -2.07. The quantitative estimate of drug-likeness (QED) is 0.845. The van der Waals surface area contributed by atoms with E-state index in [4.69, 9.17) is 11.6 Å². The van der Waals surface area contributed by atoms with Crippen molar-refractivity contribution in [2.24, 2.45) is 0 Å². The summed E-state index contributed by atoms with van der Waals surface area (Å²) in [5, 5.41) is 2.92. The van der Waals surface area contributed by atoms with Crippen molar-refractivity contribution in [1.29, 1.82) is 0 Å². The number of carbonyl (C=O) groups is 1. The third kappa shape index (κ3) is 2.84. The van der Waals surface area contributed by atoms with E-state index in [1.807, 2.05) is 0 Å². The van der Waals surface area contributed by atoms with Crippen LogP contribution in [0.4, 0.5) is 10.1 Å². The molecule has 0 saturated heterocycles. The minimum absolute atomic E-state index is 0.281. The van der Waals surface area contributed by atoms with Crippen molar-refractivity contribution in [2.45, 2.75) is 6.92 Å². The molecule has 2 aromatic rings. The van der Waals surface area contributed by atoms with Crippen LogP contribution in [-0.2, 0) is 0 Å². The van der Waals surface area contributed by atoms with Gasteiger partial charge in [-0.3, -0.25) is 4.79 Å². The Morgan fingerprint density at radius 2 is 2.11 bits per heavy atom. The molecule has 0 aliphatic heterocycles. The van der Waals surface area contributed by atoms with Gasteiger partial charge in [-0.2, -0.15) is 0 Å². The third-order valence-corrected chi connectivity index (χ3v) is 2.64. The van der Waals surface area contributed by atoms with Crippen molar-refractivity contribution in [3.63, 3.8) is 0 Å². The molecule has 0 unspecified atom stereocenters. The van der Waals surface area contributed by atoms with Gasteiger partial charge in [-0.05, 0) is 36.8 Å². The van der Waals surface area contributed by atoms with Gasteiger partial charge >= 0.3 is 0 Å². The molecule has 1 N–H and O–H groups in total. The van der Waals surface area contributed by atoms with Crippen molar-refractivity contribution in [3.8, 4) is 0 Å². The molecule has 0 spiro atoms. The second kappa shape index (κ2) is 5.14. The largest absolute Gasteiger partial charge is 0.322 e. The highest BCUT2D eigenvalue weighted by molar-refractivity contribution is 6.29. The second-order valence-corrected chi connectivity index (χ2v) is 4.17. The highest BCUT2D eigenvalue weighted by atomic mass is 35.5. The van der Waals surface area contributed by atoms with Crippen LogP contribution >= 0.6 is 11.6 Å². The molecule has 18 heavy (non-hydrogen) atoms. The van der Waals surface area contributed by atoms with E-state index in [0.29, 0.717) is 16.8 Å². The van der Waals surface area contributed by atoms with Crippen molar-refractivity contribution < 1.29 is 9.18 Å². The summed E-state index contributed by atoms with van der Waals surface area (Å²) in [6.07, 6.45) is 1.48. The summed E-state index contributed by atoms with van der Waals surface area (Å²) < 4.78 is 13.1. The number of rotatable bonds is 2. The number of nitrogens with one attached hydrogen (secondary N) is 1. The number of hydrogen-bond acceptors (Lipinski definition) is 2. The van der Waals surface area contributed by atoms with Crippen LogP contribution in [-0.4, -0.2) is 10.9 Å². The first-order valence-electron chi connectivity index (χ1n) is 5.25. The van der Waals surface area contributed by atoms with E-state index < -0.39 is 5.82 Å². The predicted octanol–water partition coefficient (Wildman–Crippen LogP) is 3.43. The lowest BCUT2D eigenvalue weighted by molar-refractivity contribution is 0.102. The Bertz CT molecular complexity index is 601. The molecule has 1 amide bonds. The van der Waals surface area contributed by atoms with Crippen molar-refractivity contribution in [2.75, 3.05) is 5.32 Å². The minimum Gasteiger partial charge on any atom is -0.322 e. The molecule has 0 radical (unpaired) electrons. The highest BCUT2D eigenvalue weighted by Crippen LogP contribution is 2.15. The van der Waals surface area contributed by atoms with Crippen molar-refractivity contribution in [3.05, 3.63) is 58.6 Å². The van der Waals surface area contributed by atoms with E-state index in [9.17, 15) is 9.18 Å². The molecule has 0 saturated carbocycles. The molecule has 0 atom stereocenters. The minimum atomic E-state index is -0.446. The van der Waals surface area contributed by atoms with Gasteiger partial charge in [-0.25, -0.2) is 9.37 Å². The van der Waals surface area contributed by atoms with Gasteiger partial charge in [0.15, 0.2) is 0 Å². The molecule has 92 valence electrons. The van der Waals surface area contributed by atoms with Gasteiger partial charge in [0.1, 0.15) is 11.0 Å². The van der Waals surface area contributed by atoms with E-state index in [0.717, 1.165) is 0 Å². The van der Waals surface area contributed by atoms with Crippen LogP contribution in [0.5, 0.6) is 0 Å². The molecule has 1 aromatic heterocycles. The first-order chi connectivity index (χ1) is 8.56. The average Bonchev–Trinajstić information content (AvgIpc) is 2.32. The average molecular weight is 265 g/mol. The number of aryl methyl sites for hydroxylation is 1. The first kappa shape index (κ1) is 12.5. The summed E-state index contributed by atoms with van der Waals surface area (Å²) in [4.78, 5) is 15.8. The molecule has 2 rings (SSSR count). The Balaban J connectivity index is 2.24. The zero-order chi connectivity index (χ0) is 13.1. The van der Waals surface area contributed by atoms with E-state index in [2.05, 4.69) is 10.3 Å². The Morgan fingerprint density at radius 3 is 2.83 bits per heavy atom. The second-order valence-electron chi connectivity index (χ2n) is 3.78. The highest BCUT2D eigenvalue weighted by Gasteiger charge is 2.10. The van der Waals surface area contributed by atoms with Gasteiger partial charge in [-0.15, -0.1) is 0 Å². The van der Waals surface area contributed by atoms with Gasteiger partial charge in [0.05, 0.1) is 0 Å². The summed E-state index contributed by atoms with van der Waals surface area (Å²) in [7, 11) is 0. The van der Waals surface area contributed by atoms with Gasteiger partial charge in [0, 0.05) is 17.4 Å². The van der Waals surface area contributed by atoms with Crippen LogP contribution in [0.15, 0.2) is 36.5 Å². The van der Waals surface area contributed by atoms with Crippen LogP contribution in [0.2, 0.25) is 5.15 Å². The van der Waals surface area contributed by atoms with Gasteiger partial charge in [0.2, 0.25) is 0 Å². The van der Waals surface area contributed by atoms with Crippen LogP contribution in [0.3, 0.4) is 0 Å². The number of aromatic nitrogens is 1. The molecule has 0 fully saturated rings. The maximum Gasteiger partial charge on any atom is 0.256 e. The monoisotopic (exact) mass is 264 g/mol. The predicted molar refractivity (Wildman–Crippen MR) is 68.3 cm³/mol. The number of halogens is 2. The van der Waals surface area contributed by atoms with Gasteiger partial charge < -0.3 is 5.32 Å². The molecule has 0 bridgehead atoms. The number of anilines is 1. The lowest BCUT2D eigenvalue weighted by Crippen LogP contribution is -2.13. The standard InChI is InChI=1S/C13H10ClFN2O/c1-8-2-3-9(15)6-11(8)13(18)17-10-4-5-16-12(14)7-10/h2-7H,1H3,(H,16,17,18).